The number of ether oxygens (including phenoxy) is 1. The number of aryl methyl sites for hydroxylation is 1. The van der Waals surface area contributed by atoms with Crippen LogP contribution in [-0.2, 0) is 10.9 Å². The van der Waals surface area contributed by atoms with Crippen molar-refractivity contribution in [3.05, 3.63) is 33.2 Å². The fourth-order valence-electron chi connectivity index (χ4n) is 2.20. The molecule has 1 aromatic heterocycles. The van der Waals surface area contributed by atoms with Crippen LogP contribution >= 0.6 is 15.9 Å². The van der Waals surface area contributed by atoms with Gasteiger partial charge in [0.25, 0.3) is 0 Å². The summed E-state index contributed by atoms with van der Waals surface area (Å²) >= 11 is 2.95. The molecule has 1 heterocycles. The number of nitrogens with one attached hydrogen (secondary N) is 1. The van der Waals surface area contributed by atoms with E-state index in [1.165, 1.54) is 6.92 Å². The maximum absolute atomic E-state index is 13.9. The second-order valence-corrected chi connectivity index (χ2v) is 5.24. The quantitative estimate of drug-likeness (QED) is 0.621. The molecule has 2 N–H and O–H groups in total. The number of H-pyrrole nitrogens is 1. The van der Waals surface area contributed by atoms with Crippen LogP contribution in [0.15, 0.2) is 10.5 Å². The Morgan fingerprint density at radius 1 is 1.43 bits per heavy atom. The van der Waals surface area contributed by atoms with Gasteiger partial charge in [-0.2, -0.15) is 13.2 Å². The molecule has 0 aliphatic rings. The minimum atomic E-state index is -4.60. The van der Waals surface area contributed by atoms with Crippen LogP contribution in [0.5, 0.6) is 0 Å². The van der Waals surface area contributed by atoms with E-state index in [9.17, 15) is 22.7 Å². The number of aliphatic hydroxyl groups excluding tert-OH is 1. The van der Waals surface area contributed by atoms with Crippen LogP contribution in [0.1, 0.15) is 30.0 Å². The van der Waals surface area contributed by atoms with E-state index < -0.39 is 24.0 Å². The van der Waals surface area contributed by atoms with Gasteiger partial charge in [0.1, 0.15) is 11.5 Å². The van der Waals surface area contributed by atoms with Crippen LogP contribution in [0.3, 0.4) is 0 Å². The van der Waals surface area contributed by atoms with E-state index in [0.29, 0.717) is 0 Å². The molecule has 0 saturated carbocycles. The number of aromatic nitrogens is 1. The topological polar surface area (TPSA) is 45.2 Å². The van der Waals surface area contributed by atoms with Crippen LogP contribution in [0.4, 0.5) is 17.6 Å². The van der Waals surface area contributed by atoms with Gasteiger partial charge in [0, 0.05) is 17.6 Å². The van der Waals surface area contributed by atoms with Gasteiger partial charge >= 0.3 is 6.18 Å². The Bertz CT molecular complexity index is 681. The van der Waals surface area contributed by atoms with E-state index in [4.69, 9.17) is 4.74 Å². The molecule has 0 aliphatic heterocycles. The van der Waals surface area contributed by atoms with Crippen molar-refractivity contribution in [3.63, 3.8) is 0 Å². The number of hydrogen-bond donors (Lipinski definition) is 2. The SMILES string of the molecule is CCOC(O)c1cc(F)c(Br)c2c(C)c(C(F)(F)F)[nH]c12. The molecule has 3 nitrogen and oxygen atoms in total. The number of halogens is 5. The summed E-state index contributed by atoms with van der Waals surface area (Å²) in [7, 11) is 0. The number of rotatable bonds is 3. The molecule has 0 spiro atoms. The van der Waals surface area contributed by atoms with Crippen molar-refractivity contribution in [1.82, 2.24) is 4.98 Å². The third kappa shape index (κ3) is 2.79. The zero-order chi connectivity index (χ0) is 15.9. The summed E-state index contributed by atoms with van der Waals surface area (Å²) in [5, 5.41) is 9.87. The Hall–Kier alpha value is -1.12. The first-order chi connectivity index (χ1) is 9.68. The average Bonchev–Trinajstić information content (AvgIpc) is 2.72. The highest BCUT2D eigenvalue weighted by molar-refractivity contribution is 9.10. The van der Waals surface area contributed by atoms with Crippen LogP contribution in [0.25, 0.3) is 10.9 Å². The molecule has 0 aliphatic carbocycles. The first-order valence-corrected chi connectivity index (χ1v) is 6.84. The van der Waals surface area contributed by atoms with Gasteiger partial charge in [-0.25, -0.2) is 4.39 Å². The maximum atomic E-state index is 13.9. The van der Waals surface area contributed by atoms with Gasteiger partial charge in [-0.3, -0.25) is 0 Å². The third-order valence-electron chi connectivity index (χ3n) is 3.12. The molecule has 0 fully saturated rings. The number of aliphatic hydroxyl groups is 1. The highest BCUT2D eigenvalue weighted by atomic mass is 79.9. The van der Waals surface area contributed by atoms with Crippen molar-refractivity contribution in [2.24, 2.45) is 0 Å². The molecule has 0 bridgehead atoms. The summed E-state index contributed by atoms with van der Waals surface area (Å²) < 4.78 is 57.6. The minimum Gasteiger partial charge on any atom is -0.364 e. The van der Waals surface area contributed by atoms with Gasteiger partial charge in [0.15, 0.2) is 6.29 Å². The van der Waals surface area contributed by atoms with Crippen molar-refractivity contribution in [3.8, 4) is 0 Å². The second-order valence-electron chi connectivity index (χ2n) is 4.44. The average molecular weight is 370 g/mol. The molecule has 2 aromatic rings. The lowest BCUT2D eigenvalue weighted by molar-refractivity contribution is -0.141. The number of alkyl halides is 3. The fraction of sp³-hybridized carbons (Fsp3) is 0.385. The van der Waals surface area contributed by atoms with E-state index in [-0.39, 0.29) is 33.1 Å². The molecule has 1 unspecified atom stereocenters. The maximum Gasteiger partial charge on any atom is 0.431 e. The van der Waals surface area contributed by atoms with E-state index in [2.05, 4.69) is 20.9 Å². The molecule has 0 amide bonds. The van der Waals surface area contributed by atoms with Crippen LogP contribution in [0, 0.1) is 12.7 Å². The Balaban J connectivity index is 2.81. The number of fused-ring (bicyclic) bond motifs is 1. The highest BCUT2D eigenvalue weighted by Crippen LogP contribution is 2.41. The molecule has 1 aromatic carbocycles. The first-order valence-electron chi connectivity index (χ1n) is 6.05. The van der Waals surface area contributed by atoms with Crippen LogP contribution < -0.4 is 0 Å². The monoisotopic (exact) mass is 369 g/mol. The lowest BCUT2D eigenvalue weighted by Gasteiger charge is -2.13. The summed E-state index contributed by atoms with van der Waals surface area (Å²) in [6.07, 6.45) is -6.12. The zero-order valence-corrected chi connectivity index (χ0v) is 12.7. The predicted molar refractivity (Wildman–Crippen MR) is 72.3 cm³/mol. The van der Waals surface area contributed by atoms with Crippen LogP contribution in [0.2, 0.25) is 0 Å². The van der Waals surface area contributed by atoms with Gasteiger partial charge in [0.2, 0.25) is 0 Å². The molecule has 8 heteroatoms. The Morgan fingerprint density at radius 3 is 2.57 bits per heavy atom. The Kier molecular flexibility index (Phi) is 4.32. The van der Waals surface area contributed by atoms with Crippen molar-refractivity contribution < 1.29 is 27.4 Å². The predicted octanol–water partition coefficient (Wildman–Crippen LogP) is 4.42. The summed E-state index contributed by atoms with van der Waals surface area (Å²) in [4.78, 5) is 2.22. The fourth-order valence-corrected chi connectivity index (χ4v) is 2.81. The second kappa shape index (κ2) is 5.58. The van der Waals surface area contributed by atoms with Crippen molar-refractivity contribution in [2.45, 2.75) is 26.3 Å². The first kappa shape index (κ1) is 16.3. The highest BCUT2D eigenvalue weighted by Gasteiger charge is 2.36. The van der Waals surface area contributed by atoms with Gasteiger partial charge in [-0.15, -0.1) is 0 Å². The molecule has 116 valence electrons. The molecule has 0 saturated heterocycles. The molecular formula is C13H12BrF4NO2. The molecular weight excluding hydrogens is 358 g/mol. The third-order valence-corrected chi connectivity index (χ3v) is 3.90. The standard InChI is InChI=1S/C13H12BrF4NO2/c1-3-21-12(20)6-4-7(15)9(14)8-5(2)11(13(16,17)18)19-10(6)8/h4,12,19-20H,3H2,1-2H3. The molecule has 1 atom stereocenters. The van der Waals surface area contributed by atoms with E-state index >= 15 is 0 Å². The lowest BCUT2D eigenvalue weighted by Crippen LogP contribution is -2.07. The van der Waals surface area contributed by atoms with Gasteiger partial charge in [0.05, 0.1) is 9.99 Å². The van der Waals surface area contributed by atoms with E-state index in [1.54, 1.807) is 6.92 Å². The Morgan fingerprint density at radius 2 is 2.05 bits per heavy atom. The normalized spacial score (nSPS) is 13.9. The largest absolute Gasteiger partial charge is 0.431 e. The van der Waals surface area contributed by atoms with Crippen molar-refractivity contribution in [1.29, 1.82) is 0 Å². The number of aromatic amines is 1. The van der Waals surface area contributed by atoms with E-state index in [0.717, 1.165) is 6.07 Å². The summed E-state index contributed by atoms with van der Waals surface area (Å²) in [6, 6.07) is 0.947. The number of benzene rings is 1. The summed E-state index contributed by atoms with van der Waals surface area (Å²) in [5.41, 5.74) is -1.21. The molecule has 21 heavy (non-hydrogen) atoms. The summed E-state index contributed by atoms with van der Waals surface area (Å²) in [5.74, 6) is -0.771. The van der Waals surface area contributed by atoms with Crippen LogP contribution in [-0.4, -0.2) is 16.7 Å². The van der Waals surface area contributed by atoms with Crippen molar-refractivity contribution in [2.75, 3.05) is 6.61 Å². The van der Waals surface area contributed by atoms with Gasteiger partial charge in [-0.05, 0) is 41.4 Å². The number of hydrogen-bond acceptors (Lipinski definition) is 2. The van der Waals surface area contributed by atoms with Gasteiger partial charge < -0.3 is 14.8 Å². The van der Waals surface area contributed by atoms with Crippen molar-refractivity contribution >= 4 is 26.8 Å². The molecule has 0 radical (unpaired) electrons. The smallest absolute Gasteiger partial charge is 0.364 e. The minimum absolute atomic E-state index is 0.00551. The lowest BCUT2D eigenvalue weighted by atomic mass is 10.1. The Labute approximate surface area is 126 Å². The zero-order valence-electron chi connectivity index (χ0n) is 11.1. The summed E-state index contributed by atoms with van der Waals surface area (Å²) in [6.45, 7) is 2.98. The van der Waals surface area contributed by atoms with E-state index in [1.807, 2.05) is 0 Å². The van der Waals surface area contributed by atoms with Gasteiger partial charge in [-0.1, -0.05) is 0 Å². The molecule has 2 rings (SSSR count).